The Morgan fingerprint density at radius 1 is 1.09 bits per heavy atom. The number of anilines is 1. The number of benzene rings is 1. The monoisotopic (exact) mass is 318 g/mol. The molecule has 1 N–H and O–H groups in total. The van der Waals surface area contributed by atoms with Crippen LogP contribution in [0.5, 0.6) is 0 Å². The molecule has 0 saturated heterocycles. The summed E-state index contributed by atoms with van der Waals surface area (Å²) >= 11 is 0. The Labute approximate surface area is 132 Å². The van der Waals surface area contributed by atoms with Crippen molar-refractivity contribution in [1.82, 2.24) is 4.98 Å². The number of nitrogens with zero attached hydrogens (tertiary/aromatic N) is 1. The van der Waals surface area contributed by atoms with E-state index >= 15 is 0 Å². The molecule has 22 heavy (non-hydrogen) atoms. The van der Waals surface area contributed by atoms with Crippen molar-refractivity contribution >= 4 is 15.8 Å². The van der Waals surface area contributed by atoms with Gasteiger partial charge in [0.25, 0.3) is 10.0 Å². The molecule has 4 nitrogen and oxygen atoms in total. The van der Waals surface area contributed by atoms with Crippen molar-refractivity contribution < 1.29 is 8.42 Å². The van der Waals surface area contributed by atoms with Gasteiger partial charge in [0, 0.05) is 5.69 Å². The summed E-state index contributed by atoms with van der Waals surface area (Å²) in [5.41, 5.74) is 1.93. The van der Waals surface area contributed by atoms with E-state index in [2.05, 4.69) is 30.5 Å². The van der Waals surface area contributed by atoms with Gasteiger partial charge >= 0.3 is 0 Å². The third-order valence-corrected chi connectivity index (χ3v) is 5.33. The molecule has 1 aromatic carbocycles. The number of aryl methyl sites for hydroxylation is 1. The lowest BCUT2D eigenvalue weighted by Gasteiger charge is -2.23. The molecular weight excluding hydrogens is 296 g/mol. The van der Waals surface area contributed by atoms with Crippen LogP contribution in [0, 0.1) is 6.92 Å². The largest absolute Gasteiger partial charge is 0.263 e. The van der Waals surface area contributed by atoms with Crippen molar-refractivity contribution in [2.45, 2.75) is 44.4 Å². The molecule has 118 valence electrons. The number of nitrogens with one attached hydrogen (secondary N) is 1. The SMILES string of the molecule is CCC(C)(C)c1ccc(S(=O)(=O)Nc2cccc(C)n2)cc1. The van der Waals surface area contributed by atoms with E-state index in [1.807, 2.05) is 25.1 Å². The zero-order valence-electron chi connectivity index (χ0n) is 13.4. The standard InChI is InChI=1S/C17H22N2O2S/c1-5-17(3,4)14-9-11-15(12-10-14)22(20,21)19-16-8-6-7-13(2)18-16/h6-12H,5H2,1-4H3,(H,18,19). The molecule has 0 bridgehead atoms. The predicted octanol–water partition coefficient (Wildman–Crippen LogP) is 3.88. The highest BCUT2D eigenvalue weighted by Crippen LogP contribution is 2.27. The molecule has 0 atom stereocenters. The van der Waals surface area contributed by atoms with Gasteiger partial charge in [-0.1, -0.05) is 39.0 Å². The molecule has 0 fully saturated rings. The van der Waals surface area contributed by atoms with Crippen LogP contribution in [0.4, 0.5) is 5.82 Å². The van der Waals surface area contributed by atoms with Gasteiger partial charge in [-0.05, 0) is 48.6 Å². The average molecular weight is 318 g/mol. The zero-order chi connectivity index (χ0) is 16.4. The third-order valence-electron chi connectivity index (χ3n) is 3.96. The minimum Gasteiger partial charge on any atom is -0.263 e. The van der Waals surface area contributed by atoms with Gasteiger partial charge in [0.1, 0.15) is 5.82 Å². The maximum Gasteiger partial charge on any atom is 0.263 e. The summed E-state index contributed by atoms with van der Waals surface area (Å²) in [6, 6.07) is 12.3. The lowest BCUT2D eigenvalue weighted by Crippen LogP contribution is -2.17. The summed E-state index contributed by atoms with van der Waals surface area (Å²) in [6.07, 6.45) is 0.991. The van der Waals surface area contributed by atoms with Crippen LogP contribution in [0.1, 0.15) is 38.4 Å². The van der Waals surface area contributed by atoms with Crippen LogP contribution in [-0.4, -0.2) is 13.4 Å². The minimum absolute atomic E-state index is 0.0355. The fourth-order valence-corrected chi connectivity index (χ4v) is 3.09. The molecule has 2 rings (SSSR count). The Morgan fingerprint density at radius 3 is 2.27 bits per heavy atom. The molecule has 0 saturated carbocycles. The summed E-state index contributed by atoms with van der Waals surface area (Å²) in [4.78, 5) is 4.41. The highest BCUT2D eigenvalue weighted by Gasteiger charge is 2.20. The average Bonchev–Trinajstić information content (AvgIpc) is 2.47. The van der Waals surface area contributed by atoms with Crippen LogP contribution in [0.15, 0.2) is 47.4 Å². The maximum atomic E-state index is 12.4. The van der Waals surface area contributed by atoms with Crippen LogP contribution in [0.25, 0.3) is 0 Å². The lowest BCUT2D eigenvalue weighted by atomic mass is 9.82. The number of sulfonamides is 1. The number of aromatic nitrogens is 1. The summed E-state index contributed by atoms with van der Waals surface area (Å²) in [6.45, 7) is 8.23. The van der Waals surface area contributed by atoms with Crippen LogP contribution < -0.4 is 4.72 Å². The first-order valence-corrected chi connectivity index (χ1v) is 8.80. The molecule has 1 heterocycles. The second kappa shape index (κ2) is 6.08. The van der Waals surface area contributed by atoms with E-state index in [0.29, 0.717) is 5.82 Å². The molecule has 0 amide bonds. The Bertz CT molecular complexity index is 750. The van der Waals surface area contributed by atoms with Gasteiger partial charge < -0.3 is 0 Å². The van der Waals surface area contributed by atoms with Gasteiger partial charge in [-0.15, -0.1) is 0 Å². The fraction of sp³-hybridized carbons (Fsp3) is 0.353. The molecule has 0 radical (unpaired) electrons. The smallest absolute Gasteiger partial charge is 0.263 e. The number of rotatable bonds is 5. The van der Waals surface area contributed by atoms with E-state index in [9.17, 15) is 8.42 Å². The molecular formula is C17H22N2O2S. The second-order valence-electron chi connectivity index (χ2n) is 6.03. The number of hydrogen-bond acceptors (Lipinski definition) is 3. The molecule has 2 aromatic rings. The van der Waals surface area contributed by atoms with Crippen LogP contribution in [-0.2, 0) is 15.4 Å². The minimum atomic E-state index is -3.61. The molecule has 0 spiro atoms. The topological polar surface area (TPSA) is 59.1 Å². The molecule has 1 aromatic heterocycles. The maximum absolute atomic E-state index is 12.4. The fourth-order valence-electron chi connectivity index (χ4n) is 2.09. The summed E-state index contributed by atoms with van der Waals surface area (Å²) in [5, 5.41) is 0. The number of pyridine rings is 1. The van der Waals surface area contributed by atoms with Crippen molar-refractivity contribution in [3.05, 3.63) is 53.7 Å². The zero-order valence-corrected chi connectivity index (χ0v) is 14.2. The third kappa shape index (κ3) is 3.65. The Hall–Kier alpha value is -1.88. The highest BCUT2D eigenvalue weighted by atomic mass is 32.2. The molecule has 0 unspecified atom stereocenters. The van der Waals surface area contributed by atoms with Crippen LogP contribution in [0.3, 0.4) is 0 Å². The van der Waals surface area contributed by atoms with E-state index < -0.39 is 10.0 Å². The van der Waals surface area contributed by atoms with Gasteiger partial charge in [-0.25, -0.2) is 13.4 Å². The van der Waals surface area contributed by atoms with Gasteiger partial charge in [0.05, 0.1) is 4.90 Å². The van der Waals surface area contributed by atoms with Crippen molar-refractivity contribution in [1.29, 1.82) is 0 Å². The van der Waals surface area contributed by atoms with E-state index in [0.717, 1.165) is 17.7 Å². The molecule has 5 heteroatoms. The highest BCUT2D eigenvalue weighted by molar-refractivity contribution is 7.92. The Morgan fingerprint density at radius 2 is 1.73 bits per heavy atom. The van der Waals surface area contributed by atoms with Gasteiger partial charge in [0.15, 0.2) is 0 Å². The lowest BCUT2D eigenvalue weighted by molar-refractivity contribution is 0.506. The first-order chi connectivity index (χ1) is 10.2. The number of hydrogen-bond donors (Lipinski definition) is 1. The Balaban J connectivity index is 2.27. The summed E-state index contributed by atoms with van der Waals surface area (Å²) < 4.78 is 27.3. The Kier molecular flexibility index (Phi) is 4.56. The second-order valence-corrected chi connectivity index (χ2v) is 7.71. The van der Waals surface area contributed by atoms with E-state index in [-0.39, 0.29) is 10.3 Å². The van der Waals surface area contributed by atoms with Gasteiger partial charge in [0.2, 0.25) is 0 Å². The van der Waals surface area contributed by atoms with Crippen molar-refractivity contribution in [2.75, 3.05) is 4.72 Å². The van der Waals surface area contributed by atoms with Gasteiger partial charge in [-0.2, -0.15) is 0 Å². The van der Waals surface area contributed by atoms with Crippen molar-refractivity contribution in [2.24, 2.45) is 0 Å². The van der Waals surface area contributed by atoms with E-state index in [1.165, 1.54) is 0 Å². The van der Waals surface area contributed by atoms with E-state index in [4.69, 9.17) is 0 Å². The molecule has 0 aliphatic rings. The van der Waals surface area contributed by atoms with Crippen LogP contribution in [0.2, 0.25) is 0 Å². The van der Waals surface area contributed by atoms with Crippen molar-refractivity contribution in [3.63, 3.8) is 0 Å². The quantitative estimate of drug-likeness (QED) is 0.910. The van der Waals surface area contributed by atoms with Gasteiger partial charge in [-0.3, -0.25) is 4.72 Å². The first-order valence-electron chi connectivity index (χ1n) is 7.31. The summed E-state index contributed by atoms with van der Waals surface area (Å²) in [7, 11) is -3.61. The summed E-state index contributed by atoms with van der Waals surface area (Å²) in [5.74, 6) is 0.331. The molecule has 0 aliphatic heterocycles. The van der Waals surface area contributed by atoms with Crippen LogP contribution >= 0.6 is 0 Å². The first kappa shape index (κ1) is 16.5. The predicted molar refractivity (Wildman–Crippen MR) is 89.5 cm³/mol. The molecule has 0 aliphatic carbocycles. The van der Waals surface area contributed by atoms with E-state index in [1.54, 1.807) is 24.3 Å². The van der Waals surface area contributed by atoms with Crippen molar-refractivity contribution in [3.8, 4) is 0 Å². The normalized spacial score (nSPS) is 12.2.